The van der Waals surface area contributed by atoms with Gasteiger partial charge < -0.3 is 9.84 Å². The summed E-state index contributed by atoms with van der Waals surface area (Å²) in [5.41, 5.74) is 3.66. The summed E-state index contributed by atoms with van der Waals surface area (Å²) in [5, 5.41) is 9.43. The molecular formula is C21H20N2O3S. The standard InChI is InChI=1S/C21H20N2O3S/c1-26-17-11-9-16(10-12-17)19-14-18(15-6-3-2-4-7-15)22-21(23-19)27-13-5-8-20(24)25/h2-4,6-7,9-12,14H,5,8,13H2,1H3,(H,24,25). The number of carboxylic acid groups (broad SMARTS) is 1. The fraction of sp³-hybridized carbons (Fsp3) is 0.190. The van der Waals surface area contributed by atoms with E-state index >= 15 is 0 Å². The number of ether oxygens (including phenoxy) is 1. The SMILES string of the molecule is COc1ccc(-c2cc(-c3ccccc3)nc(SCCCC(=O)O)n2)cc1. The third-order valence-electron chi connectivity index (χ3n) is 3.93. The third-order valence-corrected chi connectivity index (χ3v) is 4.86. The molecule has 3 aromatic rings. The molecule has 27 heavy (non-hydrogen) atoms. The van der Waals surface area contributed by atoms with E-state index in [1.54, 1.807) is 7.11 Å². The minimum atomic E-state index is -0.784. The van der Waals surface area contributed by atoms with Crippen LogP contribution in [0.5, 0.6) is 5.75 Å². The average molecular weight is 380 g/mol. The summed E-state index contributed by atoms with van der Waals surface area (Å²) in [5.74, 6) is 0.667. The molecule has 0 aliphatic heterocycles. The van der Waals surface area contributed by atoms with E-state index in [-0.39, 0.29) is 6.42 Å². The van der Waals surface area contributed by atoms with Gasteiger partial charge in [0, 0.05) is 23.3 Å². The summed E-state index contributed by atoms with van der Waals surface area (Å²) in [6.07, 6.45) is 0.730. The normalized spacial score (nSPS) is 10.6. The van der Waals surface area contributed by atoms with Crippen molar-refractivity contribution >= 4 is 17.7 Å². The van der Waals surface area contributed by atoms with Crippen LogP contribution in [0.2, 0.25) is 0 Å². The van der Waals surface area contributed by atoms with E-state index in [4.69, 9.17) is 9.84 Å². The van der Waals surface area contributed by atoms with Crippen molar-refractivity contribution < 1.29 is 14.6 Å². The van der Waals surface area contributed by atoms with E-state index in [9.17, 15) is 4.79 Å². The lowest BCUT2D eigenvalue weighted by Gasteiger charge is -2.09. The summed E-state index contributed by atoms with van der Waals surface area (Å²) in [6.45, 7) is 0. The van der Waals surface area contributed by atoms with Crippen LogP contribution < -0.4 is 4.74 Å². The van der Waals surface area contributed by atoms with E-state index < -0.39 is 5.97 Å². The highest BCUT2D eigenvalue weighted by Crippen LogP contribution is 2.28. The number of rotatable bonds is 8. The van der Waals surface area contributed by atoms with Crippen LogP contribution in [0.1, 0.15) is 12.8 Å². The van der Waals surface area contributed by atoms with E-state index in [0.29, 0.717) is 17.3 Å². The number of methoxy groups -OCH3 is 1. The molecule has 0 aliphatic rings. The number of benzene rings is 2. The molecule has 0 aliphatic carbocycles. The number of aromatic nitrogens is 2. The van der Waals surface area contributed by atoms with E-state index in [1.165, 1.54) is 11.8 Å². The van der Waals surface area contributed by atoms with Crippen LogP contribution in [-0.2, 0) is 4.79 Å². The Kier molecular flexibility index (Phi) is 6.44. The van der Waals surface area contributed by atoms with Gasteiger partial charge in [-0.1, -0.05) is 42.1 Å². The molecule has 0 amide bonds. The number of hydrogen-bond acceptors (Lipinski definition) is 5. The molecule has 0 fully saturated rings. The molecule has 1 aromatic heterocycles. The Morgan fingerprint density at radius 3 is 2.22 bits per heavy atom. The fourth-order valence-electron chi connectivity index (χ4n) is 2.54. The molecule has 3 rings (SSSR count). The first-order valence-electron chi connectivity index (χ1n) is 8.59. The lowest BCUT2D eigenvalue weighted by atomic mass is 10.1. The van der Waals surface area contributed by atoms with Gasteiger partial charge in [0.05, 0.1) is 18.5 Å². The zero-order chi connectivity index (χ0) is 19.1. The summed E-state index contributed by atoms with van der Waals surface area (Å²) < 4.78 is 5.22. The lowest BCUT2D eigenvalue weighted by Crippen LogP contribution is -1.97. The lowest BCUT2D eigenvalue weighted by molar-refractivity contribution is -0.137. The maximum absolute atomic E-state index is 10.7. The molecular weight excluding hydrogens is 360 g/mol. The summed E-state index contributed by atoms with van der Waals surface area (Å²) in [7, 11) is 1.64. The van der Waals surface area contributed by atoms with Crippen LogP contribution in [0.4, 0.5) is 0 Å². The quantitative estimate of drug-likeness (QED) is 0.345. The Labute approximate surface area is 162 Å². The Morgan fingerprint density at radius 1 is 1.00 bits per heavy atom. The van der Waals surface area contributed by atoms with Crippen molar-refractivity contribution in [2.24, 2.45) is 0 Å². The topological polar surface area (TPSA) is 72.3 Å². The van der Waals surface area contributed by atoms with Crippen molar-refractivity contribution in [3.63, 3.8) is 0 Å². The van der Waals surface area contributed by atoms with Gasteiger partial charge in [-0.25, -0.2) is 9.97 Å². The van der Waals surface area contributed by atoms with Crippen molar-refractivity contribution in [1.29, 1.82) is 0 Å². The number of carbonyl (C=O) groups is 1. The zero-order valence-corrected chi connectivity index (χ0v) is 15.8. The highest BCUT2D eigenvalue weighted by atomic mass is 32.2. The predicted molar refractivity (Wildman–Crippen MR) is 107 cm³/mol. The number of carboxylic acids is 1. The smallest absolute Gasteiger partial charge is 0.303 e. The van der Waals surface area contributed by atoms with Crippen LogP contribution >= 0.6 is 11.8 Å². The molecule has 6 heteroatoms. The molecule has 2 aromatic carbocycles. The van der Waals surface area contributed by atoms with Gasteiger partial charge in [0.1, 0.15) is 5.75 Å². The molecule has 1 N–H and O–H groups in total. The molecule has 0 bridgehead atoms. The molecule has 0 unspecified atom stereocenters. The van der Waals surface area contributed by atoms with Gasteiger partial charge in [-0.15, -0.1) is 0 Å². The Hall–Kier alpha value is -2.86. The van der Waals surface area contributed by atoms with Crippen molar-refractivity contribution in [2.45, 2.75) is 18.0 Å². The van der Waals surface area contributed by atoms with Crippen LogP contribution in [0.15, 0.2) is 65.8 Å². The van der Waals surface area contributed by atoms with Crippen molar-refractivity contribution in [3.8, 4) is 28.3 Å². The molecule has 5 nitrogen and oxygen atoms in total. The molecule has 138 valence electrons. The Bertz CT molecular complexity index is 899. The van der Waals surface area contributed by atoms with Gasteiger partial charge >= 0.3 is 5.97 Å². The second kappa shape index (κ2) is 9.19. The van der Waals surface area contributed by atoms with Gasteiger partial charge in [0.2, 0.25) is 0 Å². The maximum atomic E-state index is 10.7. The highest BCUT2D eigenvalue weighted by molar-refractivity contribution is 7.99. The minimum Gasteiger partial charge on any atom is -0.497 e. The molecule has 0 atom stereocenters. The van der Waals surface area contributed by atoms with E-state index in [2.05, 4.69) is 9.97 Å². The highest BCUT2D eigenvalue weighted by Gasteiger charge is 2.10. The van der Waals surface area contributed by atoms with Crippen LogP contribution in [0.25, 0.3) is 22.5 Å². The van der Waals surface area contributed by atoms with E-state index in [0.717, 1.165) is 28.3 Å². The number of nitrogens with zero attached hydrogens (tertiary/aromatic N) is 2. The van der Waals surface area contributed by atoms with Gasteiger partial charge in [0.15, 0.2) is 5.16 Å². The van der Waals surface area contributed by atoms with Gasteiger partial charge in [-0.05, 0) is 36.8 Å². The van der Waals surface area contributed by atoms with E-state index in [1.807, 2.05) is 60.7 Å². The van der Waals surface area contributed by atoms with Crippen LogP contribution in [0, 0.1) is 0 Å². The van der Waals surface area contributed by atoms with Crippen molar-refractivity contribution in [3.05, 3.63) is 60.7 Å². The molecule has 0 spiro atoms. The zero-order valence-electron chi connectivity index (χ0n) is 15.0. The third kappa shape index (κ3) is 5.31. The molecule has 0 radical (unpaired) electrons. The maximum Gasteiger partial charge on any atom is 0.303 e. The van der Waals surface area contributed by atoms with Crippen LogP contribution in [0.3, 0.4) is 0 Å². The number of thioether (sulfide) groups is 1. The Morgan fingerprint density at radius 2 is 1.63 bits per heavy atom. The summed E-state index contributed by atoms with van der Waals surface area (Å²) in [4.78, 5) is 20.0. The number of aliphatic carboxylic acids is 1. The molecule has 1 heterocycles. The van der Waals surface area contributed by atoms with Gasteiger partial charge in [-0.2, -0.15) is 0 Å². The van der Waals surface area contributed by atoms with Crippen molar-refractivity contribution in [2.75, 3.05) is 12.9 Å². The summed E-state index contributed by atoms with van der Waals surface area (Å²) >= 11 is 1.48. The van der Waals surface area contributed by atoms with Crippen LogP contribution in [-0.4, -0.2) is 33.9 Å². The summed E-state index contributed by atoms with van der Waals surface area (Å²) in [6, 6.07) is 19.7. The van der Waals surface area contributed by atoms with Gasteiger partial charge in [-0.3, -0.25) is 4.79 Å². The second-order valence-corrected chi connectivity index (χ2v) is 6.92. The van der Waals surface area contributed by atoms with Gasteiger partial charge in [0.25, 0.3) is 0 Å². The first kappa shape index (κ1) is 18.9. The van der Waals surface area contributed by atoms with Crippen molar-refractivity contribution in [1.82, 2.24) is 9.97 Å². The first-order valence-corrected chi connectivity index (χ1v) is 9.58. The molecule has 0 saturated heterocycles. The fourth-order valence-corrected chi connectivity index (χ4v) is 3.34. The Balaban J connectivity index is 1.91. The number of hydrogen-bond donors (Lipinski definition) is 1. The molecule has 0 saturated carbocycles. The first-order chi connectivity index (χ1) is 13.2. The average Bonchev–Trinajstić information content (AvgIpc) is 2.71. The second-order valence-electron chi connectivity index (χ2n) is 5.86. The monoisotopic (exact) mass is 380 g/mol. The minimum absolute atomic E-state index is 0.150. The predicted octanol–water partition coefficient (Wildman–Crippen LogP) is 4.78. The largest absolute Gasteiger partial charge is 0.497 e.